The smallest absolute Gasteiger partial charge is 0.407 e. The number of amides is 1. The molecule has 1 heterocycles. The zero-order chi connectivity index (χ0) is 8.97. The summed E-state index contributed by atoms with van der Waals surface area (Å²) in [7, 11) is 0. The van der Waals surface area contributed by atoms with E-state index in [1.165, 1.54) is 0 Å². The molecule has 0 spiro atoms. The van der Waals surface area contributed by atoms with E-state index in [1.807, 2.05) is 0 Å². The van der Waals surface area contributed by atoms with Crippen LogP contribution in [-0.4, -0.2) is 31.3 Å². The number of hydrogen-bond acceptors (Lipinski definition) is 4. The van der Waals surface area contributed by atoms with E-state index in [9.17, 15) is 9.59 Å². The Morgan fingerprint density at radius 3 is 3.17 bits per heavy atom. The molecule has 0 aromatic carbocycles. The molecule has 12 heavy (non-hydrogen) atoms. The number of rotatable bonds is 2. The summed E-state index contributed by atoms with van der Waals surface area (Å²) in [6.07, 6.45) is -0.803. The third kappa shape index (κ3) is 2.11. The third-order valence-corrected chi connectivity index (χ3v) is 1.47. The number of nitrogens with one attached hydrogen (secondary N) is 1. The van der Waals surface area contributed by atoms with Crippen molar-refractivity contribution in [3.8, 4) is 0 Å². The quantitative estimate of drug-likeness (QED) is 0.599. The lowest BCUT2D eigenvalue weighted by Gasteiger charge is -2.21. The molecule has 1 amide bonds. The summed E-state index contributed by atoms with van der Waals surface area (Å²) >= 11 is 0. The van der Waals surface area contributed by atoms with Gasteiger partial charge in [-0.1, -0.05) is 0 Å². The van der Waals surface area contributed by atoms with Crippen molar-refractivity contribution in [1.82, 2.24) is 5.32 Å². The van der Waals surface area contributed by atoms with Gasteiger partial charge in [0.05, 0.1) is 6.61 Å². The highest BCUT2D eigenvalue weighted by atomic mass is 16.6. The van der Waals surface area contributed by atoms with Gasteiger partial charge in [-0.2, -0.15) is 0 Å². The van der Waals surface area contributed by atoms with Crippen LogP contribution in [0.2, 0.25) is 0 Å². The van der Waals surface area contributed by atoms with Crippen molar-refractivity contribution < 1.29 is 19.1 Å². The number of esters is 1. The van der Waals surface area contributed by atoms with Crippen molar-refractivity contribution in [3.05, 3.63) is 0 Å². The van der Waals surface area contributed by atoms with Gasteiger partial charge in [-0.3, -0.25) is 0 Å². The summed E-state index contributed by atoms with van der Waals surface area (Å²) in [5.74, 6) is -0.465. The molecule has 0 aliphatic carbocycles. The topological polar surface area (TPSA) is 64.6 Å². The minimum absolute atomic E-state index is 0.306. The maximum Gasteiger partial charge on any atom is 0.407 e. The molecule has 1 aliphatic heterocycles. The lowest BCUT2D eigenvalue weighted by atomic mass is 10.2. The molecule has 0 radical (unpaired) electrons. The lowest BCUT2D eigenvalue weighted by molar-refractivity contribution is -0.154. The molecule has 0 bridgehead atoms. The van der Waals surface area contributed by atoms with Crippen LogP contribution in [0.25, 0.3) is 0 Å². The van der Waals surface area contributed by atoms with E-state index in [0.717, 1.165) is 0 Å². The molecule has 1 unspecified atom stereocenters. The van der Waals surface area contributed by atoms with Crippen LogP contribution in [0.1, 0.15) is 13.3 Å². The summed E-state index contributed by atoms with van der Waals surface area (Å²) in [6, 6.07) is 0. The summed E-state index contributed by atoms with van der Waals surface area (Å²) in [6.45, 7) is 2.48. The van der Waals surface area contributed by atoms with Crippen LogP contribution in [0.15, 0.2) is 0 Å². The van der Waals surface area contributed by atoms with Crippen LogP contribution < -0.4 is 5.32 Å². The predicted octanol–water partition coefficient (Wildman–Crippen LogP) is 0.0480. The molecule has 1 N–H and O–H groups in total. The molecule has 5 heteroatoms. The SMILES string of the molecule is CCOC(=O)C1CCNC(=O)O1. The van der Waals surface area contributed by atoms with Crippen LogP contribution >= 0.6 is 0 Å². The Bertz CT molecular complexity index is 192. The van der Waals surface area contributed by atoms with E-state index in [-0.39, 0.29) is 0 Å². The predicted molar refractivity (Wildman–Crippen MR) is 39.5 cm³/mol. The highest BCUT2D eigenvalue weighted by Crippen LogP contribution is 2.05. The number of cyclic esters (lactones) is 1. The van der Waals surface area contributed by atoms with Gasteiger partial charge in [0, 0.05) is 13.0 Å². The molecule has 0 aromatic heterocycles. The zero-order valence-electron chi connectivity index (χ0n) is 6.83. The molecule has 68 valence electrons. The second-order valence-electron chi connectivity index (χ2n) is 2.36. The average molecular weight is 173 g/mol. The van der Waals surface area contributed by atoms with Gasteiger partial charge in [0.2, 0.25) is 6.10 Å². The molecule has 5 nitrogen and oxygen atoms in total. The van der Waals surface area contributed by atoms with E-state index < -0.39 is 18.2 Å². The van der Waals surface area contributed by atoms with Crippen LogP contribution in [0.4, 0.5) is 4.79 Å². The first-order valence-corrected chi connectivity index (χ1v) is 3.85. The number of hydrogen-bond donors (Lipinski definition) is 1. The number of carbonyl (C=O) groups excluding carboxylic acids is 2. The van der Waals surface area contributed by atoms with Crippen LogP contribution in [0.3, 0.4) is 0 Å². The minimum Gasteiger partial charge on any atom is -0.463 e. The van der Waals surface area contributed by atoms with Crippen molar-refractivity contribution in [3.63, 3.8) is 0 Å². The lowest BCUT2D eigenvalue weighted by Crippen LogP contribution is -2.42. The molecule has 1 saturated heterocycles. The molecule has 1 atom stereocenters. The molecular formula is C7H11NO4. The Balaban J connectivity index is 2.40. The first-order valence-electron chi connectivity index (χ1n) is 3.85. The Labute approximate surface area is 70.0 Å². The van der Waals surface area contributed by atoms with Crippen molar-refractivity contribution in [2.75, 3.05) is 13.2 Å². The molecule has 0 saturated carbocycles. The summed E-state index contributed by atoms with van der Waals surface area (Å²) < 4.78 is 9.36. The highest BCUT2D eigenvalue weighted by Gasteiger charge is 2.27. The van der Waals surface area contributed by atoms with Gasteiger partial charge in [-0.05, 0) is 6.92 Å². The van der Waals surface area contributed by atoms with Crippen LogP contribution in [0, 0.1) is 0 Å². The van der Waals surface area contributed by atoms with Crippen LogP contribution in [-0.2, 0) is 14.3 Å². The van der Waals surface area contributed by atoms with Crippen molar-refractivity contribution in [1.29, 1.82) is 0 Å². The number of carbonyl (C=O) groups is 2. The second kappa shape index (κ2) is 3.94. The fraction of sp³-hybridized carbons (Fsp3) is 0.714. The van der Waals surface area contributed by atoms with E-state index in [2.05, 4.69) is 14.8 Å². The minimum atomic E-state index is -0.723. The van der Waals surface area contributed by atoms with Gasteiger partial charge < -0.3 is 14.8 Å². The van der Waals surface area contributed by atoms with E-state index in [4.69, 9.17) is 0 Å². The monoisotopic (exact) mass is 173 g/mol. The normalized spacial score (nSPS) is 22.4. The van der Waals surface area contributed by atoms with Crippen LogP contribution in [0.5, 0.6) is 0 Å². The van der Waals surface area contributed by atoms with Gasteiger partial charge in [-0.15, -0.1) is 0 Å². The van der Waals surface area contributed by atoms with Gasteiger partial charge in [0.1, 0.15) is 0 Å². The second-order valence-corrected chi connectivity index (χ2v) is 2.36. The van der Waals surface area contributed by atoms with E-state index in [0.29, 0.717) is 19.6 Å². The van der Waals surface area contributed by atoms with Crippen molar-refractivity contribution >= 4 is 12.1 Å². The molecule has 0 aromatic rings. The van der Waals surface area contributed by atoms with Gasteiger partial charge in [0.15, 0.2) is 0 Å². The third-order valence-electron chi connectivity index (χ3n) is 1.47. The van der Waals surface area contributed by atoms with Gasteiger partial charge in [0.25, 0.3) is 0 Å². The van der Waals surface area contributed by atoms with Gasteiger partial charge in [-0.25, -0.2) is 9.59 Å². The summed E-state index contributed by atoms with van der Waals surface area (Å²) in [4.78, 5) is 21.7. The Kier molecular flexibility index (Phi) is 2.90. The Morgan fingerprint density at radius 1 is 1.83 bits per heavy atom. The molecule has 1 rings (SSSR count). The first-order chi connectivity index (χ1) is 5.74. The Hall–Kier alpha value is -1.26. The summed E-state index contributed by atoms with van der Waals surface area (Å²) in [5, 5.41) is 2.44. The first kappa shape index (κ1) is 8.83. The number of alkyl carbamates (subject to hydrolysis) is 1. The highest BCUT2D eigenvalue weighted by molar-refractivity contribution is 5.79. The average Bonchev–Trinajstić information content (AvgIpc) is 2.05. The molecular weight excluding hydrogens is 162 g/mol. The largest absolute Gasteiger partial charge is 0.463 e. The zero-order valence-corrected chi connectivity index (χ0v) is 6.83. The fourth-order valence-corrected chi connectivity index (χ4v) is 0.936. The maximum absolute atomic E-state index is 11.0. The standard InChI is InChI=1S/C7H11NO4/c1-2-11-6(9)5-3-4-8-7(10)12-5/h5H,2-4H2,1H3,(H,8,10). The fourth-order valence-electron chi connectivity index (χ4n) is 0.936. The van der Waals surface area contributed by atoms with Crippen molar-refractivity contribution in [2.24, 2.45) is 0 Å². The number of ether oxygens (including phenoxy) is 2. The maximum atomic E-state index is 11.0. The molecule has 1 fully saturated rings. The van der Waals surface area contributed by atoms with E-state index in [1.54, 1.807) is 6.92 Å². The summed E-state index contributed by atoms with van der Waals surface area (Å²) in [5.41, 5.74) is 0. The van der Waals surface area contributed by atoms with Gasteiger partial charge >= 0.3 is 12.1 Å². The molecule has 1 aliphatic rings. The van der Waals surface area contributed by atoms with E-state index >= 15 is 0 Å². The van der Waals surface area contributed by atoms with Crippen molar-refractivity contribution in [2.45, 2.75) is 19.4 Å². The Morgan fingerprint density at radius 2 is 2.58 bits per heavy atom.